The molecule has 3 rings (SSSR count). The second-order valence-electron chi connectivity index (χ2n) is 4.78. The van der Waals surface area contributed by atoms with Crippen LogP contribution in [0.2, 0.25) is 0 Å². The van der Waals surface area contributed by atoms with Crippen molar-refractivity contribution in [2.45, 2.75) is 19.1 Å². The van der Waals surface area contributed by atoms with Gasteiger partial charge in [-0.05, 0) is 5.56 Å². The molecule has 2 N–H and O–H groups in total. The maximum atomic E-state index is 5.60. The van der Waals surface area contributed by atoms with Gasteiger partial charge in [0.15, 0.2) is 5.82 Å². The quantitative estimate of drug-likeness (QED) is 0.922. The Hall–Kier alpha value is -1.47. The first kappa shape index (κ1) is 15.9. The van der Waals surface area contributed by atoms with Crippen molar-refractivity contribution in [3.05, 3.63) is 47.6 Å². The van der Waals surface area contributed by atoms with Crippen LogP contribution >= 0.6 is 12.4 Å². The molecule has 1 saturated heterocycles. The maximum Gasteiger partial charge on any atom is 0.240 e. The Bertz CT molecular complexity index is 549. The smallest absolute Gasteiger partial charge is 0.240 e. The maximum absolute atomic E-state index is 5.60. The van der Waals surface area contributed by atoms with Crippen LogP contribution in [0.1, 0.15) is 23.3 Å². The Kier molecular flexibility index (Phi) is 5.69. The molecule has 1 aliphatic heterocycles. The van der Waals surface area contributed by atoms with E-state index in [9.17, 15) is 0 Å². The van der Waals surface area contributed by atoms with Crippen molar-refractivity contribution in [3.63, 3.8) is 0 Å². The molecule has 0 aliphatic carbocycles. The lowest BCUT2D eigenvalue weighted by Crippen LogP contribution is -2.39. The van der Waals surface area contributed by atoms with Crippen molar-refractivity contribution < 1.29 is 9.26 Å². The Labute approximate surface area is 129 Å². The van der Waals surface area contributed by atoms with Gasteiger partial charge in [-0.1, -0.05) is 35.5 Å². The van der Waals surface area contributed by atoms with Crippen molar-refractivity contribution >= 4 is 12.4 Å². The summed E-state index contributed by atoms with van der Waals surface area (Å²) < 4.78 is 10.7. The van der Waals surface area contributed by atoms with E-state index in [1.54, 1.807) is 0 Å². The minimum Gasteiger partial charge on any atom is -0.378 e. The Balaban J connectivity index is 0.00000161. The molecule has 0 radical (unpaired) electrons. The van der Waals surface area contributed by atoms with E-state index in [4.69, 9.17) is 15.0 Å². The molecule has 0 spiro atoms. The monoisotopic (exact) mass is 310 g/mol. The number of rotatable bonds is 4. The van der Waals surface area contributed by atoms with Gasteiger partial charge in [0.1, 0.15) is 0 Å². The Morgan fingerprint density at radius 2 is 2.10 bits per heavy atom. The SMILES string of the molecule is Cl.NCc1nc(CN2CCOCC2c2ccccc2)no1. The fraction of sp³-hybridized carbons (Fsp3) is 0.429. The zero-order chi connectivity index (χ0) is 13.8. The van der Waals surface area contributed by atoms with Crippen LogP contribution in [-0.4, -0.2) is 34.8 Å². The number of hydrogen-bond donors (Lipinski definition) is 1. The average molecular weight is 311 g/mol. The number of nitrogens with two attached hydrogens (primary N) is 1. The second kappa shape index (κ2) is 7.51. The highest BCUT2D eigenvalue weighted by Crippen LogP contribution is 2.25. The van der Waals surface area contributed by atoms with E-state index in [0.29, 0.717) is 24.9 Å². The number of ether oxygens (including phenoxy) is 1. The molecule has 6 nitrogen and oxygen atoms in total. The van der Waals surface area contributed by atoms with Crippen LogP contribution in [0.25, 0.3) is 0 Å². The molecule has 0 amide bonds. The molecule has 1 unspecified atom stereocenters. The van der Waals surface area contributed by atoms with Crippen LogP contribution in [0, 0.1) is 0 Å². The number of hydrogen-bond acceptors (Lipinski definition) is 6. The molecular formula is C14H19ClN4O2. The van der Waals surface area contributed by atoms with E-state index in [1.807, 2.05) is 18.2 Å². The van der Waals surface area contributed by atoms with Crippen molar-refractivity contribution in [1.82, 2.24) is 15.0 Å². The van der Waals surface area contributed by atoms with Crippen molar-refractivity contribution in [3.8, 4) is 0 Å². The van der Waals surface area contributed by atoms with Gasteiger partial charge in [-0.2, -0.15) is 4.98 Å². The summed E-state index contributed by atoms with van der Waals surface area (Å²) in [6.45, 7) is 3.19. The third kappa shape index (κ3) is 3.79. The third-order valence-corrected chi connectivity index (χ3v) is 3.45. The van der Waals surface area contributed by atoms with Gasteiger partial charge in [-0.3, -0.25) is 4.90 Å². The highest BCUT2D eigenvalue weighted by molar-refractivity contribution is 5.85. The van der Waals surface area contributed by atoms with Crippen LogP contribution in [0.4, 0.5) is 0 Å². The van der Waals surface area contributed by atoms with E-state index < -0.39 is 0 Å². The molecule has 1 fully saturated rings. The van der Waals surface area contributed by atoms with Gasteiger partial charge in [0.05, 0.1) is 32.3 Å². The highest BCUT2D eigenvalue weighted by atomic mass is 35.5. The summed E-state index contributed by atoms with van der Waals surface area (Å²) in [5.74, 6) is 1.15. The Morgan fingerprint density at radius 1 is 1.29 bits per heavy atom. The summed E-state index contributed by atoms with van der Waals surface area (Å²) in [7, 11) is 0. The molecule has 1 atom stereocenters. The molecular weight excluding hydrogens is 292 g/mol. The third-order valence-electron chi connectivity index (χ3n) is 3.45. The normalized spacial score (nSPS) is 19.2. The lowest BCUT2D eigenvalue weighted by molar-refractivity contribution is -0.0141. The zero-order valence-corrected chi connectivity index (χ0v) is 12.5. The molecule has 2 heterocycles. The molecule has 1 aromatic carbocycles. The molecule has 1 aliphatic rings. The van der Waals surface area contributed by atoms with E-state index in [1.165, 1.54) is 5.56 Å². The number of morpholine rings is 1. The summed E-state index contributed by atoms with van der Waals surface area (Å²) >= 11 is 0. The van der Waals surface area contributed by atoms with Crippen LogP contribution in [0.5, 0.6) is 0 Å². The van der Waals surface area contributed by atoms with Gasteiger partial charge in [-0.25, -0.2) is 0 Å². The summed E-state index contributed by atoms with van der Waals surface area (Å²) in [6.07, 6.45) is 0. The van der Waals surface area contributed by atoms with Crippen LogP contribution in [0.15, 0.2) is 34.9 Å². The Morgan fingerprint density at radius 3 is 2.81 bits per heavy atom. The van der Waals surface area contributed by atoms with Gasteiger partial charge in [0.25, 0.3) is 0 Å². The van der Waals surface area contributed by atoms with Gasteiger partial charge in [0, 0.05) is 6.54 Å². The topological polar surface area (TPSA) is 77.4 Å². The van der Waals surface area contributed by atoms with Crippen LogP contribution < -0.4 is 5.73 Å². The predicted molar refractivity (Wildman–Crippen MR) is 79.8 cm³/mol. The largest absolute Gasteiger partial charge is 0.378 e. The number of nitrogens with zero attached hydrogens (tertiary/aromatic N) is 3. The minimum absolute atomic E-state index is 0. The summed E-state index contributed by atoms with van der Waals surface area (Å²) in [4.78, 5) is 6.58. The number of halogens is 1. The standard InChI is InChI=1S/C14H18N4O2.ClH/c15-8-14-16-13(17-20-14)9-18-6-7-19-10-12(18)11-4-2-1-3-5-11;/h1-5,12H,6-10,15H2;1H. The predicted octanol–water partition coefficient (Wildman–Crippen LogP) is 1.52. The van der Waals surface area contributed by atoms with Gasteiger partial charge in [0.2, 0.25) is 5.89 Å². The average Bonchev–Trinajstić information content (AvgIpc) is 2.96. The van der Waals surface area contributed by atoms with E-state index in [-0.39, 0.29) is 25.0 Å². The van der Waals surface area contributed by atoms with Crippen LogP contribution in [0.3, 0.4) is 0 Å². The van der Waals surface area contributed by atoms with Crippen molar-refractivity contribution in [2.24, 2.45) is 5.73 Å². The van der Waals surface area contributed by atoms with E-state index in [0.717, 1.165) is 13.2 Å². The first-order valence-corrected chi connectivity index (χ1v) is 6.75. The molecule has 2 aromatic rings. The minimum atomic E-state index is 0. The molecule has 0 bridgehead atoms. The van der Waals surface area contributed by atoms with Gasteiger partial charge < -0.3 is 15.0 Å². The fourth-order valence-electron chi connectivity index (χ4n) is 2.43. The van der Waals surface area contributed by atoms with Crippen LogP contribution in [-0.2, 0) is 17.8 Å². The van der Waals surface area contributed by atoms with Gasteiger partial charge in [-0.15, -0.1) is 12.4 Å². The molecule has 1 aromatic heterocycles. The van der Waals surface area contributed by atoms with Crippen molar-refractivity contribution in [2.75, 3.05) is 19.8 Å². The molecule has 7 heteroatoms. The summed E-state index contributed by atoms with van der Waals surface area (Å²) in [5, 5.41) is 3.96. The molecule has 114 valence electrons. The lowest BCUT2D eigenvalue weighted by Gasteiger charge is -2.35. The first-order chi connectivity index (χ1) is 9.86. The fourth-order valence-corrected chi connectivity index (χ4v) is 2.43. The molecule has 21 heavy (non-hydrogen) atoms. The number of aromatic nitrogens is 2. The van der Waals surface area contributed by atoms with E-state index >= 15 is 0 Å². The highest BCUT2D eigenvalue weighted by Gasteiger charge is 2.25. The van der Waals surface area contributed by atoms with Crippen molar-refractivity contribution in [1.29, 1.82) is 0 Å². The van der Waals surface area contributed by atoms with E-state index in [2.05, 4.69) is 27.2 Å². The second-order valence-corrected chi connectivity index (χ2v) is 4.78. The summed E-state index contributed by atoms with van der Waals surface area (Å²) in [5.41, 5.74) is 6.73. The zero-order valence-electron chi connectivity index (χ0n) is 11.6. The first-order valence-electron chi connectivity index (χ1n) is 6.75. The molecule has 0 saturated carbocycles. The number of benzene rings is 1. The van der Waals surface area contributed by atoms with Gasteiger partial charge >= 0.3 is 0 Å². The summed E-state index contributed by atoms with van der Waals surface area (Å²) in [6, 6.07) is 10.6. The lowest BCUT2D eigenvalue weighted by atomic mass is 10.1.